The van der Waals surface area contributed by atoms with E-state index >= 15 is 0 Å². The van der Waals surface area contributed by atoms with Crippen molar-refractivity contribution in [2.45, 2.75) is 310 Å². The van der Waals surface area contributed by atoms with Gasteiger partial charge in [-0.3, -0.25) is 14.4 Å². The molecule has 6 heteroatoms. The van der Waals surface area contributed by atoms with Gasteiger partial charge in [0.1, 0.15) is 13.2 Å². The van der Waals surface area contributed by atoms with Crippen LogP contribution >= 0.6 is 0 Å². The summed E-state index contributed by atoms with van der Waals surface area (Å²) >= 11 is 0. The molecular weight excluding hydrogens is 745 g/mol. The minimum absolute atomic E-state index is 0.0634. The zero-order valence-corrected chi connectivity index (χ0v) is 40.9. The molecule has 0 aliphatic heterocycles. The highest BCUT2D eigenvalue weighted by molar-refractivity contribution is 5.71. The molecule has 0 N–H and O–H groups in total. The van der Waals surface area contributed by atoms with Crippen LogP contribution in [-0.2, 0) is 28.6 Å². The highest BCUT2D eigenvalue weighted by Crippen LogP contribution is 2.18. The molecule has 0 rings (SSSR count). The van der Waals surface area contributed by atoms with Gasteiger partial charge in [-0.15, -0.1) is 0 Å². The van der Waals surface area contributed by atoms with Gasteiger partial charge in [-0.1, -0.05) is 265 Å². The number of ether oxygens (including phenoxy) is 3. The first kappa shape index (κ1) is 58.4. The lowest BCUT2D eigenvalue weighted by Crippen LogP contribution is -2.30. The lowest BCUT2D eigenvalue weighted by Gasteiger charge is -2.18. The summed E-state index contributed by atoms with van der Waals surface area (Å²) in [7, 11) is 0. The maximum absolute atomic E-state index is 12.8. The Morgan fingerprint density at radius 3 is 0.867 bits per heavy atom. The van der Waals surface area contributed by atoms with Crippen molar-refractivity contribution >= 4 is 17.9 Å². The fraction of sp³-hybridized carbons (Fsp3) is 0.944. The molecule has 60 heavy (non-hydrogen) atoms. The summed E-state index contributed by atoms with van der Waals surface area (Å²) in [4.78, 5) is 37.9. The number of unbranched alkanes of at least 4 members (excludes halogenated alkanes) is 35. The summed E-state index contributed by atoms with van der Waals surface area (Å²) in [5, 5.41) is 0. The molecule has 0 saturated carbocycles. The van der Waals surface area contributed by atoms with Gasteiger partial charge in [-0.25, -0.2) is 0 Å². The maximum atomic E-state index is 12.8. The van der Waals surface area contributed by atoms with Crippen LogP contribution in [0.1, 0.15) is 304 Å². The van der Waals surface area contributed by atoms with Gasteiger partial charge < -0.3 is 14.2 Å². The molecule has 0 fully saturated rings. The fourth-order valence-corrected chi connectivity index (χ4v) is 8.19. The zero-order valence-electron chi connectivity index (χ0n) is 40.9. The molecule has 0 aromatic heterocycles. The van der Waals surface area contributed by atoms with Crippen LogP contribution in [0.15, 0.2) is 0 Å². The van der Waals surface area contributed by atoms with Crippen molar-refractivity contribution < 1.29 is 28.6 Å². The van der Waals surface area contributed by atoms with Crippen LogP contribution in [0, 0.1) is 5.92 Å². The fourth-order valence-electron chi connectivity index (χ4n) is 8.19. The van der Waals surface area contributed by atoms with Crippen LogP contribution in [0.2, 0.25) is 0 Å². The second kappa shape index (κ2) is 48.4. The number of rotatable bonds is 49. The largest absolute Gasteiger partial charge is 0.462 e. The van der Waals surface area contributed by atoms with Gasteiger partial charge in [0, 0.05) is 19.3 Å². The van der Waals surface area contributed by atoms with Crippen molar-refractivity contribution in [1.82, 2.24) is 0 Å². The molecule has 6 nitrogen and oxygen atoms in total. The van der Waals surface area contributed by atoms with E-state index in [0.29, 0.717) is 19.3 Å². The number of carbonyl (C=O) groups excluding carboxylic acids is 3. The van der Waals surface area contributed by atoms with Crippen LogP contribution in [0.5, 0.6) is 0 Å². The van der Waals surface area contributed by atoms with Gasteiger partial charge in [-0.2, -0.15) is 0 Å². The summed E-state index contributed by atoms with van der Waals surface area (Å²) in [6.07, 6.45) is 50.9. The molecular formula is C54H104O6. The average Bonchev–Trinajstić information content (AvgIpc) is 3.25. The first-order chi connectivity index (χ1) is 29.4. The van der Waals surface area contributed by atoms with Crippen LogP contribution in [0.3, 0.4) is 0 Å². The molecule has 0 bridgehead atoms. The highest BCUT2D eigenvalue weighted by atomic mass is 16.6. The Bertz CT molecular complexity index is 905. The molecule has 2 atom stereocenters. The SMILES string of the molecule is CCCCCCCCCCCCCCCCCCCCCC(=O)O[C@H](COC(=O)CCCCCCCCCCCCCCC)COC(=O)CCCCCCCCC(C)CC. The van der Waals surface area contributed by atoms with Gasteiger partial charge in [-0.05, 0) is 25.2 Å². The summed E-state index contributed by atoms with van der Waals surface area (Å²) in [5.41, 5.74) is 0. The third-order valence-electron chi connectivity index (χ3n) is 12.7. The van der Waals surface area contributed by atoms with Crippen molar-refractivity contribution in [2.24, 2.45) is 5.92 Å². The Balaban J connectivity index is 4.25. The summed E-state index contributed by atoms with van der Waals surface area (Å²) < 4.78 is 16.8. The Morgan fingerprint density at radius 2 is 0.583 bits per heavy atom. The topological polar surface area (TPSA) is 78.9 Å². The first-order valence-corrected chi connectivity index (χ1v) is 26.9. The molecule has 0 aromatic rings. The van der Waals surface area contributed by atoms with Gasteiger partial charge in [0.25, 0.3) is 0 Å². The molecule has 0 saturated heterocycles. The van der Waals surface area contributed by atoms with Gasteiger partial charge >= 0.3 is 17.9 Å². The summed E-state index contributed by atoms with van der Waals surface area (Å²) in [5.74, 6) is -0.0314. The summed E-state index contributed by atoms with van der Waals surface area (Å²) in [6, 6.07) is 0. The number of hydrogen-bond acceptors (Lipinski definition) is 6. The first-order valence-electron chi connectivity index (χ1n) is 26.9. The van der Waals surface area contributed by atoms with Crippen molar-refractivity contribution in [3.05, 3.63) is 0 Å². The van der Waals surface area contributed by atoms with E-state index in [1.54, 1.807) is 0 Å². The predicted octanol–water partition coefficient (Wildman–Crippen LogP) is 17.5. The predicted molar refractivity (Wildman–Crippen MR) is 257 cm³/mol. The van der Waals surface area contributed by atoms with E-state index in [9.17, 15) is 14.4 Å². The van der Waals surface area contributed by atoms with Gasteiger partial charge in [0.15, 0.2) is 6.10 Å². The minimum Gasteiger partial charge on any atom is -0.462 e. The lowest BCUT2D eigenvalue weighted by atomic mass is 10.00. The maximum Gasteiger partial charge on any atom is 0.306 e. The van der Waals surface area contributed by atoms with Crippen LogP contribution < -0.4 is 0 Å². The molecule has 0 aromatic carbocycles. The van der Waals surface area contributed by atoms with Crippen LogP contribution in [-0.4, -0.2) is 37.2 Å². The van der Waals surface area contributed by atoms with Gasteiger partial charge in [0.2, 0.25) is 0 Å². The number of carbonyl (C=O) groups is 3. The third kappa shape index (κ3) is 45.9. The second-order valence-corrected chi connectivity index (χ2v) is 18.8. The van der Waals surface area contributed by atoms with E-state index < -0.39 is 6.10 Å². The molecule has 356 valence electrons. The van der Waals surface area contributed by atoms with Crippen molar-refractivity contribution in [1.29, 1.82) is 0 Å². The van der Waals surface area contributed by atoms with Crippen molar-refractivity contribution in [3.8, 4) is 0 Å². The number of hydrogen-bond donors (Lipinski definition) is 0. The standard InChI is InChI=1S/C54H104O6/c1-5-8-10-12-14-16-18-20-21-22-23-24-25-27-29-31-33-39-43-47-54(57)60-51(49-59-53(56)46-42-38-35-34-36-40-44-50(4)7-3)48-58-52(55)45-41-37-32-30-28-26-19-17-15-13-11-9-6-2/h50-51H,5-49H2,1-4H3/t50?,51-/m1/s1. The molecule has 0 amide bonds. The van der Waals surface area contributed by atoms with E-state index in [4.69, 9.17) is 14.2 Å². The Morgan fingerprint density at radius 1 is 0.333 bits per heavy atom. The molecule has 1 unspecified atom stereocenters. The molecule has 0 radical (unpaired) electrons. The Hall–Kier alpha value is -1.59. The van der Waals surface area contributed by atoms with Crippen LogP contribution in [0.25, 0.3) is 0 Å². The summed E-state index contributed by atoms with van der Waals surface area (Å²) in [6.45, 7) is 9.01. The minimum atomic E-state index is -0.761. The van der Waals surface area contributed by atoms with Crippen LogP contribution in [0.4, 0.5) is 0 Å². The Kier molecular flexibility index (Phi) is 47.2. The van der Waals surface area contributed by atoms with E-state index in [1.807, 2.05) is 0 Å². The third-order valence-corrected chi connectivity index (χ3v) is 12.7. The van der Waals surface area contributed by atoms with E-state index in [1.165, 1.54) is 199 Å². The lowest BCUT2D eigenvalue weighted by molar-refractivity contribution is -0.167. The van der Waals surface area contributed by atoms with Crippen molar-refractivity contribution in [3.63, 3.8) is 0 Å². The van der Waals surface area contributed by atoms with Crippen molar-refractivity contribution in [2.75, 3.05) is 13.2 Å². The van der Waals surface area contributed by atoms with E-state index in [-0.39, 0.29) is 31.1 Å². The number of esters is 3. The normalized spacial score (nSPS) is 12.4. The Labute approximate surface area is 374 Å². The van der Waals surface area contributed by atoms with E-state index in [2.05, 4.69) is 27.7 Å². The quantitative estimate of drug-likeness (QED) is 0.0345. The van der Waals surface area contributed by atoms with Gasteiger partial charge in [0.05, 0.1) is 0 Å². The average molecular weight is 849 g/mol. The highest BCUT2D eigenvalue weighted by Gasteiger charge is 2.19. The molecule has 0 heterocycles. The zero-order chi connectivity index (χ0) is 43.8. The second-order valence-electron chi connectivity index (χ2n) is 18.8. The molecule has 0 aliphatic rings. The monoisotopic (exact) mass is 849 g/mol. The smallest absolute Gasteiger partial charge is 0.306 e. The molecule has 0 spiro atoms. The van der Waals surface area contributed by atoms with E-state index in [0.717, 1.165) is 63.7 Å². The molecule has 0 aliphatic carbocycles.